The minimum absolute atomic E-state index is 0.564. The molecule has 1 aromatic heterocycles. The zero-order valence-corrected chi connectivity index (χ0v) is 10.1. The molecule has 0 saturated heterocycles. The minimum atomic E-state index is 0.564. The summed E-state index contributed by atoms with van der Waals surface area (Å²) < 4.78 is 9.62. The van der Waals surface area contributed by atoms with E-state index >= 15 is 0 Å². The fraction of sp³-hybridized carbons (Fsp3) is 0.667. The van der Waals surface area contributed by atoms with Gasteiger partial charge in [0.05, 0.1) is 25.6 Å². The van der Waals surface area contributed by atoms with Crippen LogP contribution >= 0.6 is 0 Å². The second-order valence-corrected chi connectivity index (χ2v) is 3.69. The summed E-state index contributed by atoms with van der Waals surface area (Å²) in [5.74, 6) is 1.20. The highest BCUT2D eigenvalue weighted by Crippen LogP contribution is 1.97. The average Bonchev–Trinajstić information content (AvgIpc) is 2.64. The second kappa shape index (κ2) is 7.02. The molecule has 0 fully saturated rings. The molecule has 4 nitrogen and oxygen atoms in total. The molecule has 0 amide bonds. The van der Waals surface area contributed by atoms with Crippen LogP contribution < -0.4 is 4.57 Å². The van der Waals surface area contributed by atoms with Crippen LogP contribution in [0.15, 0.2) is 12.4 Å². The molecule has 1 heterocycles. The first-order valence-corrected chi connectivity index (χ1v) is 5.79. The molecule has 0 radical (unpaired) electrons. The van der Waals surface area contributed by atoms with Crippen LogP contribution in [0.5, 0.6) is 0 Å². The van der Waals surface area contributed by atoms with E-state index in [1.165, 1.54) is 5.82 Å². The lowest BCUT2D eigenvalue weighted by molar-refractivity contribution is -0.701. The quantitative estimate of drug-likeness (QED) is 0.517. The van der Waals surface area contributed by atoms with Crippen LogP contribution in [-0.4, -0.2) is 17.8 Å². The monoisotopic (exact) mass is 222 g/mol. The number of hydrogen-bond donors (Lipinski definition) is 0. The fourth-order valence-electron chi connectivity index (χ4n) is 1.67. The van der Waals surface area contributed by atoms with Crippen LogP contribution in [0.1, 0.15) is 25.6 Å². The van der Waals surface area contributed by atoms with Crippen molar-refractivity contribution in [2.45, 2.75) is 39.8 Å². The lowest BCUT2D eigenvalue weighted by Crippen LogP contribution is -2.35. The maximum Gasteiger partial charge on any atom is 0.253 e. The summed E-state index contributed by atoms with van der Waals surface area (Å²) in [6.45, 7) is 7.44. The Labute approximate surface area is 97.1 Å². The second-order valence-electron chi connectivity index (χ2n) is 3.69. The van der Waals surface area contributed by atoms with Crippen molar-refractivity contribution in [3.8, 4) is 6.07 Å². The van der Waals surface area contributed by atoms with E-state index in [-0.39, 0.29) is 0 Å². The van der Waals surface area contributed by atoms with Gasteiger partial charge in [0.25, 0.3) is 5.82 Å². The Kier molecular flexibility index (Phi) is 5.58. The number of rotatable bonds is 7. The Balaban J connectivity index is 2.42. The average molecular weight is 222 g/mol. The Morgan fingerprint density at radius 2 is 2.38 bits per heavy atom. The molecule has 0 aromatic carbocycles. The molecule has 4 heteroatoms. The van der Waals surface area contributed by atoms with Crippen molar-refractivity contribution in [3.05, 3.63) is 18.2 Å². The van der Waals surface area contributed by atoms with Gasteiger partial charge >= 0.3 is 0 Å². The number of ether oxygens (including phenoxy) is 1. The van der Waals surface area contributed by atoms with Crippen LogP contribution in [-0.2, 0) is 17.8 Å². The molecule has 16 heavy (non-hydrogen) atoms. The Hall–Kier alpha value is -1.34. The predicted molar refractivity (Wildman–Crippen MR) is 60.7 cm³/mol. The van der Waals surface area contributed by atoms with E-state index in [4.69, 9.17) is 10.00 Å². The van der Waals surface area contributed by atoms with E-state index in [1.54, 1.807) is 0 Å². The van der Waals surface area contributed by atoms with E-state index in [1.807, 2.05) is 13.1 Å². The number of imidazole rings is 1. The largest absolute Gasteiger partial charge is 0.382 e. The molecule has 88 valence electrons. The zero-order chi connectivity index (χ0) is 11.8. The van der Waals surface area contributed by atoms with Crippen LogP contribution in [0.3, 0.4) is 0 Å². The molecule has 0 unspecified atom stereocenters. The van der Waals surface area contributed by atoms with Crippen LogP contribution in [0.2, 0.25) is 0 Å². The molecule has 0 atom stereocenters. The van der Waals surface area contributed by atoms with Crippen molar-refractivity contribution < 1.29 is 9.30 Å². The number of hydrogen-bond acceptors (Lipinski definition) is 2. The van der Waals surface area contributed by atoms with E-state index < -0.39 is 0 Å². The van der Waals surface area contributed by atoms with Gasteiger partial charge in [-0.3, -0.25) is 0 Å². The molecule has 1 aromatic rings. The number of aryl methyl sites for hydroxylation is 2. The van der Waals surface area contributed by atoms with E-state index in [0.717, 1.165) is 32.7 Å². The molecule has 0 spiro atoms. The van der Waals surface area contributed by atoms with Gasteiger partial charge in [0, 0.05) is 20.0 Å². The van der Waals surface area contributed by atoms with Gasteiger partial charge in [-0.1, -0.05) is 0 Å². The first-order chi connectivity index (χ1) is 7.79. The third-order valence-electron chi connectivity index (χ3n) is 2.61. The summed E-state index contributed by atoms with van der Waals surface area (Å²) >= 11 is 0. The molecule has 0 aliphatic heterocycles. The summed E-state index contributed by atoms with van der Waals surface area (Å²) in [4.78, 5) is 0. The van der Waals surface area contributed by atoms with Gasteiger partial charge in [0.2, 0.25) is 0 Å². The van der Waals surface area contributed by atoms with Crippen LogP contribution in [0, 0.1) is 18.3 Å². The Morgan fingerprint density at radius 1 is 1.56 bits per heavy atom. The molecule has 0 saturated carbocycles. The Bertz CT molecular complexity index is 352. The SMILES string of the molecule is CCOCCCn1cc[n+](CCC#N)c1C. The maximum absolute atomic E-state index is 8.54. The standard InChI is InChI=1S/C12H20N3O/c1-3-16-11-5-8-15-10-9-14(12(15)2)7-4-6-13/h9-10H,3-5,7-8,11H2,1-2H3/q+1. The molecular formula is C12H20N3O+. The van der Waals surface area contributed by atoms with Crippen molar-refractivity contribution >= 4 is 0 Å². The van der Waals surface area contributed by atoms with Gasteiger partial charge < -0.3 is 4.74 Å². The first-order valence-electron chi connectivity index (χ1n) is 5.79. The summed E-state index contributed by atoms with van der Waals surface area (Å²) in [7, 11) is 0. The van der Waals surface area contributed by atoms with E-state index in [9.17, 15) is 0 Å². The first kappa shape index (κ1) is 12.7. The Morgan fingerprint density at radius 3 is 3.06 bits per heavy atom. The van der Waals surface area contributed by atoms with Gasteiger partial charge in [-0.15, -0.1) is 0 Å². The van der Waals surface area contributed by atoms with Crippen molar-refractivity contribution in [1.29, 1.82) is 5.26 Å². The summed E-state index contributed by atoms with van der Waals surface area (Å²) in [6.07, 6.45) is 5.70. The summed E-state index contributed by atoms with van der Waals surface area (Å²) in [5, 5.41) is 8.54. The number of nitriles is 1. The maximum atomic E-state index is 8.54. The van der Waals surface area contributed by atoms with Crippen molar-refractivity contribution in [2.24, 2.45) is 0 Å². The smallest absolute Gasteiger partial charge is 0.253 e. The molecule has 0 aliphatic carbocycles. The van der Waals surface area contributed by atoms with Crippen LogP contribution in [0.25, 0.3) is 0 Å². The highest BCUT2D eigenvalue weighted by Gasteiger charge is 2.10. The highest BCUT2D eigenvalue weighted by atomic mass is 16.5. The highest BCUT2D eigenvalue weighted by molar-refractivity contribution is 4.80. The molecular weight excluding hydrogens is 202 g/mol. The van der Waals surface area contributed by atoms with Gasteiger partial charge in [0.1, 0.15) is 18.9 Å². The molecule has 0 N–H and O–H groups in total. The summed E-state index contributed by atoms with van der Waals surface area (Å²) in [6, 6.07) is 2.16. The number of nitrogens with zero attached hydrogens (tertiary/aromatic N) is 3. The van der Waals surface area contributed by atoms with Crippen molar-refractivity contribution in [2.75, 3.05) is 13.2 Å². The van der Waals surface area contributed by atoms with Crippen molar-refractivity contribution in [1.82, 2.24) is 4.57 Å². The van der Waals surface area contributed by atoms with Gasteiger partial charge in [-0.2, -0.15) is 5.26 Å². The van der Waals surface area contributed by atoms with Crippen LogP contribution in [0.4, 0.5) is 0 Å². The molecule has 1 rings (SSSR count). The van der Waals surface area contributed by atoms with Gasteiger partial charge in [-0.05, 0) is 6.92 Å². The zero-order valence-electron chi connectivity index (χ0n) is 10.1. The van der Waals surface area contributed by atoms with Crippen molar-refractivity contribution in [3.63, 3.8) is 0 Å². The topological polar surface area (TPSA) is 41.8 Å². The molecule has 0 aliphatic rings. The van der Waals surface area contributed by atoms with Gasteiger partial charge in [-0.25, -0.2) is 9.13 Å². The normalized spacial score (nSPS) is 10.3. The third-order valence-corrected chi connectivity index (χ3v) is 2.61. The predicted octanol–water partition coefficient (Wildman–Crippen LogP) is 1.42. The van der Waals surface area contributed by atoms with Gasteiger partial charge in [0.15, 0.2) is 0 Å². The van der Waals surface area contributed by atoms with E-state index in [0.29, 0.717) is 6.42 Å². The minimum Gasteiger partial charge on any atom is -0.382 e. The lowest BCUT2D eigenvalue weighted by Gasteiger charge is -2.01. The number of aromatic nitrogens is 2. The third kappa shape index (κ3) is 3.67. The molecule has 0 bridgehead atoms. The van der Waals surface area contributed by atoms with E-state index in [2.05, 4.69) is 28.3 Å². The summed E-state index contributed by atoms with van der Waals surface area (Å²) in [5.41, 5.74) is 0. The lowest BCUT2D eigenvalue weighted by atomic mass is 10.4. The fourth-order valence-corrected chi connectivity index (χ4v) is 1.67.